The first-order chi connectivity index (χ1) is 11.1. The van der Waals surface area contributed by atoms with Gasteiger partial charge in [-0.25, -0.2) is 0 Å². The van der Waals surface area contributed by atoms with Crippen molar-refractivity contribution in [2.45, 2.75) is 6.54 Å². The molecule has 0 unspecified atom stereocenters. The van der Waals surface area contributed by atoms with Gasteiger partial charge in [0.1, 0.15) is 5.69 Å². The minimum absolute atomic E-state index is 0.111. The molecule has 23 heavy (non-hydrogen) atoms. The van der Waals surface area contributed by atoms with Crippen LogP contribution < -0.4 is 0 Å². The maximum atomic E-state index is 12.6. The summed E-state index contributed by atoms with van der Waals surface area (Å²) >= 11 is 5.96. The zero-order valence-corrected chi connectivity index (χ0v) is 13.3. The van der Waals surface area contributed by atoms with Crippen LogP contribution in [0.1, 0.15) is 21.6 Å². The van der Waals surface area contributed by atoms with Crippen LogP contribution in [0.3, 0.4) is 0 Å². The number of hydrogen-bond donors (Lipinski definition) is 1. The molecule has 1 heterocycles. The lowest BCUT2D eigenvalue weighted by molar-refractivity contribution is 0.0780. The Morgan fingerprint density at radius 3 is 2.87 bits per heavy atom. The standard InChI is InChI=1S/C18H14ClN3O/c1-22(11-13-4-2-3-12(7-13)10-20)18(23)17-8-14-5-6-15(19)9-16(14)21-17/h2-9,21H,11H2,1H3. The third-order valence-corrected chi connectivity index (χ3v) is 3.87. The van der Waals surface area contributed by atoms with E-state index in [0.29, 0.717) is 22.8 Å². The van der Waals surface area contributed by atoms with E-state index >= 15 is 0 Å². The number of rotatable bonds is 3. The zero-order valence-electron chi connectivity index (χ0n) is 12.5. The van der Waals surface area contributed by atoms with Gasteiger partial charge in [0, 0.05) is 29.5 Å². The van der Waals surface area contributed by atoms with Crippen LogP contribution in [-0.4, -0.2) is 22.8 Å². The molecule has 2 aromatic carbocycles. The van der Waals surface area contributed by atoms with Gasteiger partial charge >= 0.3 is 0 Å². The van der Waals surface area contributed by atoms with Crippen LogP contribution in [0.25, 0.3) is 10.9 Å². The monoisotopic (exact) mass is 323 g/mol. The Bertz CT molecular complexity index is 923. The fourth-order valence-electron chi connectivity index (χ4n) is 2.51. The number of nitrogens with one attached hydrogen (secondary N) is 1. The van der Waals surface area contributed by atoms with Crippen molar-refractivity contribution >= 4 is 28.4 Å². The second-order valence-electron chi connectivity index (χ2n) is 5.39. The number of nitrogens with zero attached hydrogens (tertiary/aromatic N) is 2. The molecule has 0 aliphatic rings. The number of carbonyl (C=O) groups is 1. The van der Waals surface area contributed by atoms with Crippen LogP contribution in [0, 0.1) is 11.3 Å². The van der Waals surface area contributed by atoms with Gasteiger partial charge in [-0.05, 0) is 35.9 Å². The quantitative estimate of drug-likeness (QED) is 0.793. The lowest BCUT2D eigenvalue weighted by atomic mass is 10.1. The molecule has 0 fully saturated rings. The minimum Gasteiger partial charge on any atom is -0.350 e. The highest BCUT2D eigenvalue weighted by atomic mass is 35.5. The molecule has 3 aromatic rings. The summed E-state index contributed by atoms with van der Waals surface area (Å²) in [6.45, 7) is 0.435. The van der Waals surface area contributed by atoms with Crippen molar-refractivity contribution in [2.75, 3.05) is 7.05 Å². The Balaban J connectivity index is 1.81. The SMILES string of the molecule is CN(Cc1cccc(C#N)c1)C(=O)c1cc2ccc(Cl)cc2[nH]1. The molecule has 5 heteroatoms. The molecule has 0 spiro atoms. The molecule has 3 rings (SSSR count). The van der Waals surface area contributed by atoms with Gasteiger partial charge in [0.05, 0.1) is 11.6 Å². The van der Waals surface area contributed by atoms with Crippen LogP contribution in [0.4, 0.5) is 0 Å². The number of H-pyrrole nitrogens is 1. The van der Waals surface area contributed by atoms with Gasteiger partial charge in [0.25, 0.3) is 5.91 Å². The van der Waals surface area contributed by atoms with Crippen LogP contribution in [0.2, 0.25) is 5.02 Å². The van der Waals surface area contributed by atoms with E-state index in [1.165, 1.54) is 0 Å². The third kappa shape index (κ3) is 3.20. The first-order valence-electron chi connectivity index (χ1n) is 7.09. The predicted molar refractivity (Wildman–Crippen MR) is 90.3 cm³/mol. The fraction of sp³-hybridized carbons (Fsp3) is 0.111. The summed E-state index contributed by atoms with van der Waals surface area (Å²) in [6.07, 6.45) is 0. The summed E-state index contributed by atoms with van der Waals surface area (Å²) < 4.78 is 0. The van der Waals surface area contributed by atoms with Gasteiger partial charge in [0.2, 0.25) is 0 Å². The molecule has 0 aliphatic heterocycles. The first kappa shape index (κ1) is 15.1. The van der Waals surface area contributed by atoms with Crippen molar-refractivity contribution in [3.63, 3.8) is 0 Å². The molecular formula is C18H14ClN3O. The summed E-state index contributed by atoms with van der Waals surface area (Å²) in [7, 11) is 1.74. The minimum atomic E-state index is -0.111. The molecule has 1 N–H and O–H groups in total. The maximum Gasteiger partial charge on any atom is 0.270 e. The smallest absolute Gasteiger partial charge is 0.270 e. The molecule has 0 atom stereocenters. The molecule has 0 aliphatic carbocycles. The number of hydrogen-bond acceptors (Lipinski definition) is 2. The Hall–Kier alpha value is -2.77. The number of nitriles is 1. The molecule has 0 radical (unpaired) electrons. The Labute approximate surface area is 138 Å². The van der Waals surface area contributed by atoms with E-state index in [9.17, 15) is 4.79 Å². The van der Waals surface area contributed by atoms with Gasteiger partial charge in [-0.15, -0.1) is 0 Å². The maximum absolute atomic E-state index is 12.6. The van der Waals surface area contributed by atoms with Crippen molar-refractivity contribution in [3.05, 3.63) is 70.4 Å². The fourth-order valence-corrected chi connectivity index (χ4v) is 2.68. The predicted octanol–water partition coefficient (Wildman–Crippen LogP) is 3.97. The van der Waals surface area contributed by atoms with Crippen LogP contribution >= 0.6 is 11.6 Å². The van der Waals surface area contributed by atoms with Crippen LogP contribution in [-0.2, 0) is 6.54 Å². The molecule has 114 valence electrons. The lowest BCUT2D eigenvalue weighted by Gasteiger charge is -2.16. The molecule has 0 saturated heterocycles. The number of aromatic amines is 1. The molecular weight excluding hydrogens is 310 g/mol. The first-order valence-corrected chi connectivity index (χ1v) is 7.47. The average molecular weight is 324 g/mol. The number of amides is 1. The highest BCUT2D eigenvalue weighted by Gasteiger charge is 2.15. The number of fused-ring (bicyclic) bond motifs is 1. The summed E-state index contributed by atoms with van der Waals surface area (Å²) in [5.74, 6) is -0.111. The molecule has 1 aromatic heterocycles. The molecule has 0 bridgehead atoms. The number of aromatic nitrogens is 1. The summed E-state index contributed by atoms with van der Waals surface area (Å²) in [6, 6.07) is 16.6. The van der Waals surface area contributed by atoms with Gasteiger partial charge < -0.3 is 9.88 Å². The second-order valence-corrected chi connectivity index (χ2v) is 5.82. The number of halogens is 1. The third-order valence-electron chi connectivity index (χ3n) is 3.64. The van der Waals surface area contributed by atoms with Gasteiger partial charge in [-0.3, -0.25) is 4.79 Å². The topological polar surface area (TPSA) is 59.9 Å². The van der Waals surface area contributed by atoms with E-state index in [4.69, 9.17) is 16.9 Å². The van der Waals surface area contributed by atoms with Crippen molar-refractivity contribution in [1.29, 1.82) is 5.26 Å². The Morgan fingerprint density at radius 1 is 1.26 bits per heavy atom. The molecule has 1 amide bonds. The Morgan fingerprint density at radius 2 is 2.09 bits per heavy atom. The summed E-state index contributed by atoms with van der Waals surface area (Å²) in [5, 5.41) is 10.5. The van der Waals surface area contributed by atoms with Gasteiger partial charge in [-0.1, -0.05) is 29.8 Å². The van der Waals surface area contributed by atoms with Crippen molar-refractivity contribution in [2.24, 2.45) is 0 Å². The van der Waals surface area contributed by atoms with E-state index < -0.39 is 0 Å². The molecule has 4 nitrogen and oxygen atoms in total. The van der Waals surface area contributed by atoms with E-state index in [1.54, 1.807) is 36.2 Å². The number of benzene rings is 2. The highest BCUT2D eigenvalue weighted by molar-refractivity contribution is 6.31. The number of carbonyl (C=O) groups excluding carboxylic acids is 1. The average Bonchev–Trinajstić information content (AvgIpc) is 2.97. The van der Waals surface area contributed by atoms with Crippen molar-refractivity contribution in [3.8, 4) is 6.07 Å². The second kappa shape index (κ2) is 6.15. The highest BCUT2D eigenvalue weighted by Crippen LogP contribution is 2.21. The largest absolute Gasteiger partial charge is 0.350 e. The zero-order chi connectivity index (χ0) is 16.4. The summed E-state index contributed by atoms with van der Waals surface area (Å²) in [4.78, 5) is 17.3. The molecule has 0 saturated carbocycles. The van der Waals surface area contributed by atoms with E-state index in [0.717, 1.165) is 16.5 Å². The van der Waals surface area contributed by atoms with Crippen molar-refractivity contribution in [1.82, 2.24) is 9.88 Å². The van der Waals surface area contributed by atoms with E-state index in [1.807, 2.05) is 24.3 Å². The van der Waals surface area contributed by atoms with Crippen molar-refractivity contribution < 1.29 is 4.79 Å². The van der Waals surface area contributed by atoms with Gasteiger partial charge in [-0.2, -0.15) is 5.26 Å². The Kier molecular flexibility index (Phi) is 4.05. The van der Waals surface area contributed by atoms with Crippen LogP contribution in [0.5, 0.6) is 0 Å². The van der Waals surface area contributed by atoms with E-state index in [2.05, 4.69) is 11.1 Å². The van der Waals surface area contributed by atoms with Gasteiger partial charge in [0.15, 0.2) is 0 Å². The summed E-state index contributed by atoms with van der Waals surface area (Å²) in [5.41, 5.74) is 2.85. The normalized spacial score (nSPS) is 10.5. The lowest BCUT2D eigenvalue weighted by Crippen LogP contribution is -2.26. The van der Waals surface area contributed by atoms with Crippen LogP contribution in [0.15, 0.2) is 48.5 Å². The van der Waals surface area contributed by atoms with E-state index in [-0.39, 0.29) is 5.91 Å².